The van der Waals surface area contributed by atoms with Crippen molar-refractivity contribution in [3.05, 3.63) is 59.9 Å². The van der Waals surface area contributed by atoms with Crippen molar-refractivity contribution >= 4 is 22.8 Å². The number of H-pyrrole nitrogens is 1. The van der Waals surface area contributed by atoms with Gasteiger partial charge in [0.25, 0.3) is 5.91 Å². The van der Waals surface area contributed by atoms with Crippen LogP contribution in [0.4, 0.5) is 0 Å². The van der Waals surface area contributed by atoms with Gasteiger partial charge in [-0.15, -0.1) is 0 Å². The Balaban J connectivity index is 1.67. The maximum atomic E-state index is 12.9. The van der Waals surface area contributed by atoms with Crippen LogP contribution in [0.3, 0.4) is 0 Å². The largest absolute Gasteiger partial charge is 0.494 e. The van der Waals surface area contributed by atoms with Crippen LogP contribution in [-0.4, -0.2) is 34.4 Å². The number of nitrogens with one attached hydrogen (secondary N) is 3. The summed E-state index contributed by atoms with van der Waals surface area (Å²) in [7, 11) is 0. The molecule has 0 bridgehead atoms. The third kappa shape index (κ3) is 4.97. The summed E-state index contributed by atoms with van der Waals surface area (Å²) in [6.45, 7) is 8.12. The molecule has 1 heterocycles. The molecular formula is C23H28N4O3. The van der Waals surface area contributed by atoms with Crippen LogP contribution in [0.5, 0.6) is 5.75 Å². The maximum Gasteiger partial charge on any atom is 0.251 e. The molecule has 0 fully saturated rings. The normalized spacial score (nSPS) is 13.1. The second kappa shape index (κ2) is 9.43. The molecule has 7 nitrogen and oxygen atoms in total. The van der Waals surface area contributed by atoms with Crippen LogP contribution in [0.25, 0.3) is 11.0 Å². The minimum atomic E-state index is -0.670. The van der Waals surface area contributed by atoms with Gasteiger partial charge in [-0.3, -0.25) is 9.59 Å². The third-order valence-electron chi connectivity index (χ3n) is 4.84. The number of hydrogen-bond donors (Lipinski definition) is 3. The van der Waals surface area contributed by atoms with Crippen molar-refractivity contribution in [2.24, 2.45) is 5.92 Å². The number of para-hydroxylation sites is 2. The van der Waals surface area contributed by atoms with E-state index in [1.54, 1.807) is 24.3 Å². The van der Waals surface area contributed by atoms with Gasteiger partial charge in [0.1, 0.15) is 17.6 Å². The number of benzene rings is 2. The number of imidazole rings is 1. The fourth-order valence-corrected chi connectivity index (χ4v) is 3.18. The number of carbonyl (C=O) groups is 2. The molecule has 0 aliphatic heterocycles. The maximum absolute atomic E-state index is 12.9. The Morgan fingerprint density at radius 3 is 2.37 bits per heavy atom. The molecule has 158 valence electrons. The van der Waals surface area contributed by atoms with E-state index in [0.717, 1.165) is 11.0 Å². The predicted octanol–water partition coefficient (Wildman–Crippen LogP) is 3.59. The molecule has 3 rings (SSSR count). The number of aromatic nitrogens is 2. The van der Waals surface area contributed by atoms with Crippen LogP contribution in [0.1, 0.15) is 49.9 Å². The van der Waals surface area contributed by atoms with Crippen LogP contribution in [0, 0.1) is 5.92 Å². The van der Waals surface area contributed by atoms with Crippen LogP contribution in [0.2, 0.25) is 0 Å². The lowest BCUT2D eigenvalue weighted by molar-refractivity contribution is -0.124. The summed E-state index contributed by atoms with van der Waals surface area (Å²) in [5.74, 6) is 0.733. The van der Waals surface area contributed by atoms with E-state index in [2.05, 4.69) is 20.6 Å². The molecule has 3 N–H and O–H groups in total. The number of carbonyl (C=O) groups excluding carboxylic acids is 2. The van der Waals surface area contributed by atoms with Gasteiger partial charge in [-0.05, 0) is 56.2 Å². The Morgan fingerprint density at radius 2 is 1.73 bits per heavy atom. The Morgan fingerprint density at radius 1 is 1.03 bits per heavy atom. The van der Waals surface area contributed by atoms with E-state index >= 15 is 0 Å². The van der Waals surface area contributed by atoms with Gasteiger partial charge in [0, 0.05) is 5.56 Å². The zero-order valence-corrected chi connectivity index (χ0v) is 17.7. The van der Waals surface area contributed by atoms with Gasteiger partial charge in [0.15, 0.2) is 0 Å². The number of amides is 2. The molecule has 0 aliphatic carbocycles. The lowest BCUT2D eigenvalue weighted by Gasteiger charge is -2.23. The molecule has 1 aromatic heterocycles. The SMILES string of the molecule is CCOc1ccc(C(=O)NC(C(=O)NC(C)c2nc3ccccc3[nH]2)C(C)C)cc1. The first-order valence-corrected chi connectivity index (χ1v) is 10.2. The number of aromatic amines is 1. The zero-order chi connectivity index (χ0) is 21.7. The number of nitrogens with zero attached hydrogens (tertiary/aromatic N) is 1. The number of fused-ring (bicyclic) bond motifs is 1. The topological polar surface area (TPSA) is 96.1 Å². The molecule has 2 unspecified atom stereocenters. The Hall–Kier alpha value is -3.35. The molecule has 2 amide bonds. The lowest BCUT2D eigenvalue weighted by Crippen LogP contribution is -2.50. The summed E-state index contributed by atoms with van der Waals surface area (Å²) in [5.41, 5.74) is 2.23. The van der Waals surface area contributed by atoms with Crippen LogP contribution >= 0.6 is 0 Å². The number of hydrogen-bond acceptors (Lipinski definition) is 4. The molecule has 0 saturated carbocycles. The summed E-state index contributed by atoms with van der Waals surface area (Å²) in [6, 6.07) is 13.6. The van der Waals surface area contributed by atoms with Gasteiger partial charge in [0.05, 0.1) is 23.7 Å². The highest BCUT2D eigenvalue weighted by Gasteiger charge is 2.26. The summed E-state index contributed by atoms with van der Waals surface area (Å²) in [5, 5.41) is 5.80. The molecule has 2 atom stereocenters. The van der Waals surface area contributed by atoms with E-state index in [4.69, 9.17) is 4.74 Å². The quantitative estimate of drug-likeness (QED) is 0.531. The van der Waals surface area contributed by atoms with Gasteiger partial charge >= 0.3 is 0 Å². The minimum absolute atomic E-state index is 0.0838. The first kappa shape index (κ1) is 21.4. The van der Waals surface area contributed by atoms with E-state index in [9.17, 15) is 9.59 Å². The molecule has 7 heteroatoms. The summed E-state index contributed by atoms with van der Waals surface area (Å²) in [6.07, 6.45) is 0. The Labute approximate surface area is 176 Å². The van der Waals surface area contributed by atoms with Crippen LogP contribution in [0.15, 0.2) is 48.5 Å². The highest BCUT2D eigenvalue weighted by atomic mass is 16.5. The summed E-state index contributed by atoms with van der Waals surface area (Å²) < 4.78 is 5.40. The molecule has 0 spiro atoms. The van der Waals surface area contributed by atoms with Crippen molar-refractivity contribution in [3.8, 4) is 5.75 Å². The van der Waals surface area contributed by atoms with Gasteiger partial charge in [-0.25, -0.2) is 4.98 Å². The number of ether oxygens (including phenoxy) is 1. The predicted molar refractivity (Wildman–Crippen MR) is 116 cm³/mol. The van der Waals surface area contributed by atoms with Gasteiger partial charge in [-0.2, -0.15) is 0 Å². The number of rotatable bonds is 8. The van der Waals surface area contributed by atoms with Crippen LogP contribution in [-0.2, 0) is 4.79 Å². The van der Waals surface area contributed by atoms with Gasteiger partial charge in [-0.1, -0.05) is 26.0 Å². The first-order chi connectivity index (χ1) is 14.4. The first-order valence-electron chi connectivity index (χ1n) is 10.2. The van der Waals surface area contributed by atoms with E-state index in [1.807, 2.05) is 52.0 Å². The monoisotopic (exact) mass is 408 g/mol. The molecular weight excluding hydrogens is 380 g/mol. The van der Waals surface area contributed by atoms with Crippen molar-refractivity contribution in [2.75, 3.05) is 6.61 Å². The molecule has 0 aliphatic rings. The third-order valence-corrected chi connectivity index (χ3v) is 4.84. The summed E-state index contributed by atoms with van der Waals surface area (Å²) in [4.78, 5) is 33.3. The lowest BCUT2D eigenvalue weighted by atomic mass is 10.0. The molecule has 2 aromatic carbocycles. The Kier molecular flexibility index (Phi) is 6.72. The highest BCUT2D eigenvalue weighted by molar-refractivity contribution is 5.97. The molecule has 30 heavy (non-hydrogen) atoms. The summed E-state index contributed by atoms with van der Waals surface area (Å²) >= 11 is 0. The van der Waals surface area contributed by atoms with Crippen molar-refractivity contribution in [3.63, 3.8) is 0 Å². The minimum Gasteiger partial charge on any atom is -0.494 e. The van der Waals surface area contributed by atoms with Crippen LogP contribution < -0.4 is 15.4 Å². The molecule has 0 radical (unpaired) electrons. The van der Waals surface area contributed by atoms with Crippen molar-refractivity contribution in [2.45, 2.75) is 39.8 Å². The standard InChI is InChI=1S/C23H28N4O3/c1-5-30-17-12-10-16(11-13-17)22(28)27-20(14(2)3)23(29)24-15(4)21-25-18-8-6-7-9-19(18)26-21/h6-15,20H,5H2,1-4H3,(H,24,29)(H,25,26)(H,27,28). The average molecular weight is 409 g/mol. The van der Waals surface area contributed by atoms with Gasteiger partial charge < -0.3 is 20.4 Å². The second-order valence-corrected chi connectivity index (χ2v) is 7.52. The molecule has 3 aromatic rings. The van der Waals surface area contributed by atoms with E-state index in [-0.39, 0.29) is 23.8 Å². The zero-order valence-electron chi connectivity index (χ0n) is 17.7. The van der Waals surface area contributed by atoms with E-state index in [0.29, 0.717) is 23.7 Å². The fourth-order valence-electron chi connectivity index (χ4n) is 3.18. The smallest absolute Gasteiger partial charge is 0.251 e. The van der Waals surface area contributed by atoms with Crippen molar-refractivity contribution in [1.82, 2.24) is 20.6 Å². The van der Waals surface area contributed by atoms with Crippen molar-refractivity contribution < 1.29 is 14.3 Å². The molecule has 0 saturated heterocycles. The average Bonchev–Trinajstić information content (AvgIpc) is 3.17. The van der Waals surface area contributed by atoms with Crippen molar-refractivity contribution in [1.29, 1.82) is 0 Å². The second-order valence-electron chi connectivity index (χ2n) is 7.52. The highest BCUT2D eigenvalue weighted by Crippen LogP contribution is 2.17. The van der Waals surface area contributed by atoms with E-state index < -0.39 is 6.04 Å². The van der Waals surface area contributed by atoms with Gasteiger partial charge in [0.2, 0.25) is 5.91 Å². The van der Waals surface area contributed by atoms with E-state index in [1.165, 1.54) is 0 Å². The Bertz CT molecular complexity index is 978. The fraction of sp³-hybridized carbons (Fsp3) is 0.348.